The van der Waals surface area contributed by atoms with Gasteiger partial charge in [0, 0.05) is 0 Å². The number of piperidine rings is 1. The number of carbonyl (C=O) groups excluding carboxylic acids is 1. The van der Waals surface area contributed by atoms with Crippen molar-refractivity contribution in [3.8, 4) is 0 Å². The quantitative estimate of drug-likeness (QED) is 0.883. The summed E-state index contributed by atoms with van der Waals surface area (Å²) in [6.45, 7) is 5.63. The van der Waals surface area contributed by atoms with E-state index in [1.165, 1.54) is 0 Å². The SMILES string of the molecule is CCCN1CCCC[C@H]1C(=O)Nc1c(C)csc1C(F)F. The third-order valence-electron chi connectivity index (χ3n) is 3.88. The van der Waals surface area contributed by atoms with E-state index < -0.39 is 6.43 Å². The van der Waals surface area contributed by atoms with Gasteiger partial charge in [0.1, 0.15) is 0 Å². The van der Waals surface area contributed by atoms with Gasteiger partial charge in [-0.3, -0.25) is 9.69 Å². The highest BCUT2D eigenvalue weighted by molar-refractivity contribution is 7.10. The first-order chi connectivity index (χ1) is 10.0. The predicted molar refractivity (Wildman–Crippen MR) is 82.1 cm³/mol. The fourth-order valence-electron chi connectivity index (χ4n) is 2.83. The molecular formula is C15H22F2N2OS. The molecule has 3 nitrogen and oxygen atoms in total. The van der Waals surface area contributed by atoms with Crippen LogP contribution in [0.5, 0.6) is 0 Å². The van der Waals surface area contributed by atoms with E-state index in [1.54, 1.807) is 12.3 Å². The van der Waals surface area contributed by atoms with Gasteiger partial charge in [-0.1, -0.05) is 13.3 Å². The third-order valence-corrected chi connectivity index (χ3v) is 4.98. The molecule has 2 rings (SSSR count). The van der Waals surface area contributed by atoms with Crippen molar-refractivity contribution < 1.29 is 13.6 Å². The molecule has 1 saturated heterocycles. The minimum atomic E-state index is -2.54. The molecule has 1 aromatic heterocycles. The van der Waals surface area contributed by atoms with Gasteiger partial charge in [0.15, 0.2) is 0 Å². The number of rotatable bonds is 5. The summed E-state index contributed by atoms with van der Waals surface area (Å²) in [6.07, 6.45) is 1.37. The van der Waals surface area contributed by atoms with Crippen molar-refractivity contribution in [2.75, 3.05) is 18.4 Å². The van der Waals surface area contributed by atoms with Crippen LogP contribution in [0.15, 0.2) is 5.38 Å². The van der Waals surface area contributed by atoms with E-state index in [0.717, 1.165) is 50.1 Å². The second kappa shape index (κ2) is 7.31. The van der Waals surface area contributed by atoms with Gasteiger partial charge < -0.3 is 5.32 Å². The standard InChI is InChI=1S/C15H22F2N2OS/c1-3-7-19-8-5-4-6-11(19)15(20)18-12-10(2)9-21-13(12)14(16)17/h9,11,14H,3-8H2,1-2H3,(H,18,20)/t11-/m0/s1. The Bertz CT molecular complexity index is 488. The first-order valence-corrected chi connectivity index (χ1v) is 8.33. The molecule has 6 heteroatoms. The van der Waals surface area contributed by atoms with Crippen LogP contribution in [0.3, 0.4) is 0 Å². The zero-order valence-corrected chi connectivity index (χ0v) is 13.3. The number of hydrogen-bond acceptors (Lipinski definition) is 3. The number of nitrogens with zero attached hydrogens (tertiary/aromatic N) is 1. The van der Waals surface area contributed by atoms with Crippen molar-refractivity contribution in [3.05, 3.63) is 15.8 Å². The monoisotopic (exact) mass is 316 g/mol. The highest BCUT2D eigenvalue weighted by Crippen LogP contribution is 2.36. The van der Waals surface area contributed by atoms with Crippen LogP contribution >= 0.6 is 11.3 Å². The summed E-state index contributed by atoms with van der Waals surface area (Å²) in [7, 11) is 0. The molecule has 1 aromatic rings. The molecule has 1 atom stereocenters. The lowest BCUT2D eigenvalue weighted by Gasteiger charge is -2.34. The highest BCUT2D eigenvalue weighted by Gasteiger charge is 2.29. The normalized spacial score (nSPS) is 20.0. The Balaban J connectivity index is 2.11. The van der Waals surface area contributed by atoms with Gasteiger partial charge in [0.25, 0.3) is 6.43 Å². The van der Waals surface area contributed by atoms with Crippen molar-refractivity contribution in [3.63, 3.8) is 0 Å². The van der Waals surface area contributed by atoms with E-state index in [9.17, 15) is 13.6 Å². The van der Waals surface area contributed by atoms with E-state index in [-0.39, 0.29) is 16.8 Å². The van der Waals surface area contributed by atoms with E-state index in [1.807, 2.05) is 0 Å². The topological polar surface area (TPSA) is 32.3 Å². The Morgan fingerprint density at radius 3 is 2.95 bits per heavy atom. The number of halogens is 2. The number of hydrogen-bond donors (Lipinski definition) is 1. The van der Waals surface area contributed by atoms with Gasteiger partial charge in [-0.2, -0.15) is 0 Å². The molecule has 2 heterocycles. The molecule has 0 saturated carbocycles. The largest absolute Gasteiger partial charge is 0.323 e. The summed E-state index contributed by atoms with van der Waals surface area (Å²) in [4.78, 5) is 14.6. The number of nitrogens with one attached hydrogen (secondary N) is 1. The first kappa shape index (κ1) is 16.4. The number of carbonyl (C=O) groups is 1. The molecule has 1 N–H and O–H groups in total. The summed E-state index contributed by atoms with van der Waals surface area (Å²) >= 11 is 1.01. The number of alkyl halides is 2. The minimum Gasteiger partial charge on any atom is -0.323 e. The van der Waals surface area contributed by atoms with E-state index >= 15 is 0 Å². The molecule has 0 radical (unpaired) electrons. The van der Waals surface area contributed by atoms with Crippen LogP contribution in [0, 0.1) is 6.92 Å². The second-order valence-corrected chi connectivity index (χ2v) is 6.41. The summed E-state index contributed by atoms with van der Waals surface area (Å²) in [5.74, 6) is -0.147. The molecule has 0 unspecified atom stereocenters. The average Bonchev–Trinajstić information content (AvgIpc) is 2.81. The summed E-state index contributed by atoms with van der Waals surface area (Å²) in [5, 5.41) is 4.42. The van der Waals surface area contributed by atoms with E-state index in [0.29, 0.717) is 11.3 Å². The molecular weight excluding hydrogens is 294 g/mol. The molecule has 1 aliphatic rings. The second-order valence-electron chi connectivity index (χ2n) is 5.50. The number of amides is 1. The molecule has 0 aliphatic carbocycles. The van der Waals surface area contributed by atoms with Crippen molar-refractivity contribution in [1.29, 1.82) is 0 Å². The fourth-order valence-corrected chi connectivity index (χ4v) is 3.69. The maximum Gasteiger partial charge on any atom is 0.274 e. The lowest BCUT2D eigenvalue weighted by Crippen LogP contribution is -2.47. The molecule has 0 bridgehead atoms. The summed E-state index contributed by atoms with van der Waals surface area (Å²) in [5.41, 5.74) is 1.02. The number of thiophene rings is 1. The number of likely N-dealkylation sites (tertiary alicyclic amines) is 1. The van der Waals surface area contributed by atoms with Crippen molar-refractivity contribution in [2.24, 2.45) is 0 Å². The van der Waals surface area contributed by atoms with Crippen LogP contribution in [-0.2, 0) is 4.79 Å². The van der Waals surface area contributed by atoms with Gasteiger partial charge in [-0.05, 0) is 50.2 Å². The number of anilines is 1. The molecule has 118 valence electrons. The van der Waals surface area contributed by atoms with Crippen molar-refractivity contribution in [1.82, 2.24) is 4.90 Å². The Morgan fingerprint density at radius 2 is 2.29 bits per heavy atom. The lowest BCUT2D eigenvalue weighted by atomic mass is 10.0. The maximum absolute atomic E-state index is 13.0. The maximum atomic E-state index is 13.0. The molecule has 1 amide bonds. The average molecular weight is 316 g/mol. The summed E-state index contributed by atoms with van der Waals surface area (Å²) in [6, 6.07) is -0.191. The fraction of sp³-hybridized carbons (Fsp3) is 0.667. The Morgan fingerprint density at radius 1 is 1.52 bits per heavy atom. The smallest absolute Gasteiger partial charge is 0.274 e. The predicted octanol–water partition coefficient (Wildman–Crippen LogP) is 4.20. The Hall–Kier alpha value is -1.01. The molecule has 21 heavy (non-hydrogen) atoms. The first-order valence-electron chi connectivity index (χ1n) is 7.45. The van der Waals surface area contributed by atoms with Gasteiger partial charge >= 0.3 is 0 Å². The van der Waals surface area contributed by atoms with Crippen LogP contribution in [0.25, 0.3) is 0 Å². The van der Waals surface area contributed by atoms with Gasteiger partial charge in [0.05, 0.1) is 16.6 Å². The van der Waals surface area contributed by atoms with Crippen LogP contribution < -0.4 is 5.32 Å². The van der Waals surface area contributed by atoms with Crippen LogP contribution in [0.4, 0.5) is 14.5 Å². The lowest BCUT2D eigenvalue weighted by molar-refractivity contribution is -0.122. The molecule has 0 aromatic carbocycles. The minimum absolute atomic E-state index is 0.0429. The third kappa shape index (κ3) is 3.80. The highest BCUT2D eigenvalue weighted by atomic mass is 32.1. The molecule has 0 spiro atoms. The van der Waals surface area contributed by atoms with Gasteiger partial charge in [-0.25, -0.2) is 8.78 Å². The zero-order chi connectivity index (χ0) is 15.4. The Kier molecular flexibility index (Phi) is 5.70. The van der Waals surface area contributed by atoms with E-state index in [2.05, 4.69) is 17.1 Å². The van der Waals surface area contributed by atoms with Crippen LogP contribution in [0.1, 0.15) is 49.5 Å². The van der Waals surface area contributed by atoms with Gasteiger partial charge in [-0.15, -0.1) is 11.3 Å². The van der Waals surface area contributed by atoms with Gasteiger partial charge in [0.2, 0.25) is 5.91 Å². The van der Waals surface area contributed by atoms with Crippen molar-refractivity contribution in [2.45, 2.75) is 52.0 Å². The summed E-state index contributed by atoms with van der Waals surface area (Å²) < 4.78 is 26.0. The molecule has 1 fully saturated rings. The number of aryl methyl sites for hydroxylation is 1. The van der Waals surface area contributed by atoms with Crippen molar-refractivity contribution >= 4 is 22.9 Å². The Labute approximate surface area is 128 Å². The zero-order valence-electron chi connectivity index (χ0n) is 12.5. The van der Waals surface area contributed by atoms with Crippen LogP contribution in [-0.4, -0.2) is 29.9 Å². The van der Waals surface area contributed by atoms with Crippen LogP contribution in [0.2, 0.25) is 0 Å². The molecule has 1 aliphatic heterocycles. The van der Waals surface area contributed by atoms with E-state index in [4.69, 9.17) is 0 Å².